The molecule has 1 aromatic rings. The van der Waals surface area contributed by atoms with Gasteiger partial charge in [-0.25, -0.2) is 4.79 Å². The topological polar surface area (TPSA) is 88.1 Å². The molecular weight excluding hydrogens is 369 g/mol. The van der Waals surface area contributed by atoms with Crippen molar-refractivity contribution in [1.29, 1.82) is 0 Å². The number of nitrogens with one attached hydrogen (secondary N) is 1. The second kappa shape index (κ2) is 8.83. The Hall–Kier alpha value is -2.65. The van der Waals surface area contributed by atoms with Gasteiger partial charge in [0.1, 0.15) is 0 Å². The number of hydrogen-bond donors (Lipinski definition) is 2. The van der Waals surface area contributed by atoms with Crippen molar-refractivity contribution < 1.29 is 37.3 Å². The van der Waals surface area contributed by atoms with E-state index < -0.39 is 30.7 Å². The van der Waals surface area contributed by atoms with Crippen LogP contribution in [0.15, 0.2) is 18.2 Å². The van der Waals surface area contributed by atoms with Crippen molar-refractivity contribution >= 4 is 12.0 Å². The molecular formula is C17H21F3N2O5. The maximum absolute atomic E-state index is 12.3. The Morgan fingerprint density at radius 1 is 1.33 bits per heavy atom. The standard InChI is InChI=1S/C17H21F3N2O5/c1-26-14-7-11(4-5-13(14)27-10-17(18,19)20)8-21-16(25)22-6-2-3-12(9-22)15(23)24/h4-5,7,12H,2-3,6,8-10H2,1H3,(H,21,25)(H,23,24). The third kappa shape index (κ3) is 6.22. The Labute approximate surface area is 154 Å². The zero-order valence-electron chi connectivity index (χ0n) is 14.7. The Kier molecular flexibility index (Phi) is 6.75. The Morgan fingerprint density at radius 3 is 2.70 bits per heavy atom. The fourth-order valence-electron chi connectivity index (χ4n) is 2.75. The lowest BCUT2D eigenvalue weighted by molar-refractivity contribution is -0.153. The van der Waals surface area contributed by atoms with Crippen molar-refractivity contribution in [3.05, 3.63) is 23.8 Å². The number of nitrogens with zero attached hydrogens (tertiary/aromatic N) is 1. The fraction of sp³-hybridized carbons (Fsp3) is 0.529. The van der Waals surface area contributed by atoms with Gasteiger partial charge in [-0.15, -0.1) is 0 Å². The summed E-state index contributed by atoms with van der Waals surface area (Å²) >= 11 is 0. The summed E-state index contributed by atoms with van der Waals surface area (Å²) in [6.07, 6.45) is -3.31. The molecule has 1 aromatic carbocycles. The lowest BCUT2D eigenvalue weighted by Crippen LogP contribution is -2.46. The van der Waals surface area contributed by atoms with Crippen LogP contribution >= 0.6 is 0 Å². The molecule has 1 atom stereocenters. The van der Waals surface area contributed by atoms with Gasteiger partial charge in [0.05, 0.1) is 13.0 Å². The summed E-state index contributed by atoms with van der Waals surface area (Å²) in [6.45, 7) is -0.694. The molecule has 7 nitrogen and oxygen atoms in total. The number of methoxy groups -OCH3 is 1. The van der Waals surface area contributed by atoms with Crippen LogP contribution in [0.3, 0.4) is 0 Å². The quantitative estimate of drug-likeness (QED) is 0.780. The molecule has 2 rings (SSSR count). The van der Waals surface area contributed by atoms with E-state index in [1.807, 2.05) is 0 Å². The van der Waals surface area contributed by atoms with Crippen LogP contribution < -0.4 is 14.8 Å². The van der Waals surface area contributed by atoms with Crippen molar-refractivity contribution in [3.8, 4) is 11.5 Å². The van der Waals surface area contributed by atoms with Gasteiger partial charge in [0.2, 0.25) is 0 Å². The minimum Gasteiger partial charge on any atom is -0.493 e. The van der Waals surface area contributed by atoms with E-state index in [1.165, 1.54) is 30.2 Å². The van der Waals surface area contributed by atoms with E-state index in [-0.39, 0.29) is 24.6 Å². The summed E-state index contributed by atoms with van der Waals surface area (Å²) in [4.78, 5) is 24.7. The van der Waals surface area contributed by atoms with Crippen molar-refractivity contribution in [2.75, 3.05) is 26.8 Å². The zero-order valence-corrected chi connectivity index (χ0v) is 14.7. The first-order valence-corrected chi connectivity index (χ1v) is 8.31. The van der Waals surface area contributed by atoms with Gasteiger partial charge in [-0.05, 0) is 30.5 Å². The van der Waals surface area contributed by atoms with Crippen LogP contribution in [0.1, 0.15) is 18.4 Å². The maximum atomic E-state index is 12.3. The minimum atomic E-state index is -4.46. The molecule has 10 heteroatoms. The van der Waals surface area contributed by atoms with Crippen molar-refractivity contribution in [2.24, 2.45) is 5.92 Å². The lowest BCUT2D eigenvalue weighted by atomic mass is 9.99. The molecule has 0 aliphatic carbocycles. The number of alkyl halides is 3. The molecule has 1 heterocycles. The largest absolute Gasteiger partial charge is 0.493 e. The number of halogens is 3. The first-order valence-electron chi connectivity index (χ1n) is 8.31. The predicted octanol–water partition coefficient (Wildman–Crippen LogP) is 2.64. The summed E-state index contributed by atoms with van der Waals surface area (Å²) < 4.78 is 46.5. The number of benzene rings is 1. The summed E-state index contributed by atoms with van der Waals surface area (Å²) in [7, 11) is 1.30. The molecule has 1 fully saturated rings. The van der Waals surface area contributed by atoms with Crippen LogP contribution in [-0.2, 0) is 11.3 Å². The number of likely N-dealkylation sites (tertiary alicyclic amines) is 1. The molecule has 150 valence electrons. The Bertz CT molecular complexity index is 681. The average Bonchev–Trinajstić information content (AvgIpc) is 2.64. The van der Waals surface area contributed by atoms with E-state index in [0.29, 0.717) is 24.9 Å². The van der Waals surface area contributed by atoms with E-state index in [1.54, 1.807) is 0 Å². The van der Waals surface area contributed by atoms with E-state index in [2.05, 4.69) is 5.32 Å². The number of hydrogen-bond acceptors (Lipinski definition) is 4. The van der Waals surface area contributed by atoms with E-state index in [4.69, 9.17) is 14.6 Å². The number of amides is 2. The lowest BCUT2D eigenvalue weighted by Gasteiger charge is -2.30. The number of carbonyl (C=O) groups is 2. The first kappa shape index (κ1) is 20.7. The Balaban J connectivity index is 1.93. The van der Waals surface area contributed by atoms with Gasteiger partial charge in [0, 0.05) is 19.6 Å². The van der Waals surface area contributed by atoms with E-state index >= 15 is 0 Å². The number of aliphatic carboxylic acids is 1. The van der Waals surface area contributed by atoms with E-state index in [9.17, 15) is 22.8 Å². The molecule has 2 amide bonds. The monoisotopic (exact) mass is 390 g/mol. The van der Waals surface area contributed by atoms with Gasteiger partial charge in [0.25, 0.3) is 0 Å². The van der Waals surface area contributed by atoms with Crippen LogP contribution in [0.2, 0.25) is 0 Å². The van der Waals surface area contributed by atoms with Gasteiger partial charge in [-0.3, -0.25) is 4.79 Å². The number of urea groups is 1. The van der Waals surface area contributed by atoms with Crippen LogP contribution in [0, 0.1) is 5.92 Å². The number of carboxylic acid groups (broad SMARTS) is 1. The number of ether oxygens (including phenoxy) is 2. The molecule has 2 N–H and O–H groups in total. The number of rotatable bonds is 6. The summed E-state index contributed by atoms with van der Waals surface area (Å²) in [6, 6.07) is 3.94. The second-order valence-corrected chi connectivity index (χ2v) is 6.17. The molecule has 0 spiro atoms. The third-order valence-corrected chi connectivity index (χ3v) is 4.12. The number of piperidine rings is 1. The minimum absolute atomic E-state index is 0.0507. The van der Waals surface area contributed by atoms with Gasteiger partial charge >= 0.3 is 18.2 Å². The van der Waals surface area contributed by atoms with Crippen LogP contribution in [-0.4, -0.2) is 55.0 Å². The Morgan fingerprint density at radius 2 is 2.07 bits per heavy atom. The molecule has 1 saturated heterocycles. The van der Waals surface area contributed by atoms with Gasteiger partial charge in [0.15, 0.2) is 18.1 Å². The molecule has 27 heavy (non-hydrogen) atoms. The maximum Gasteiger partial charge on any atom is 0.422 e. The highest BCUT2D eigenvalue weighted by Crippen LogP contribution is 2.29. The normalized spacial score (nSPS) is 17.3. The van der Waals surface area contributed by atoms with Crippen molar-refractivity contribution in [2.45, 2.75) is 25.6 Å². The first-order chi connectivity index (χ1) is 12.7. The van der Waals surface area contributed by atoms with Crippen LogP contribution in [0.25, 0.3) is 0 Å². The average molecular weight is 390 g/mol. The highest BCUT2D eigenvalue weighted by atomic mass is 19.4. The second-order valence-electron chi connectivity index (χ2n) is 6.17. The van der Waals surface area contributed by atoms with Crippen LogP contribution in [0.5, 0.6) is 11.5 Å². The van der Waals surface area contributed by atoms with Crippen LogP contribution in [0.4, 0.5) is 18.0 Å². The molecule has 0 saturated carbocycles. The summed E-state index contributed by atoms with van der Waals surface area (Å²) in [5, 5.41) is 11.7. The molecule has 1 aliphatic heterocycles. The molecule has 1 aliphatic rings. The number of carboxylic acids is 1. The fourth-order valence-corrected chi connectivity index (χ4v) is 2.75. The summed E-state index contributed by atoms with van der Waals surface area (Å²) in [5.74, 6) is -1.43. The van der Waals surface area contributed by atoms with Gasteiger partial charge < -0.3 is 24.8 Å². The van der Waals surface area contributed by atoms with E-state index in [0.717, 1.165) is 0 Å². The van der Waals surface area contributed by atoms with Crippen molar-refractivity contribution in [3.63, 3.8) is 0 Å². The zero-order chi connectivity index (χ0) is 20.0. The predicted molar refractivity (Wildman–Crippen MR) is 88.7 cm³/mol. The van der Waals surface area contributed by atoms with Crippen molar-refractivity contribution in [1.82, 2.24) is 10.2 Å². The van der Waals surface area contributed by atoms with Gasteiger partial charge in [-0.2, -0.15) is 13.2 Å². The highest BCUT2D eigenvalue weighted by Gasteiger charge is 2.29. The molecule has 0 bridgehead atoms. The molecule has 0 radical (unpaired) electrons. The number of carbonyl (C=O) groups excluding carboxylic acids is 1. The highest BCUT2D eigenvalue weighted by molar-refractivity contribution is 5.76. The SMILES string of the molecule is COc1cc(CNC(=O)N2CCCC(C(=O)O)C2)ccc1OCC(F)(F)F. The third-order valence-electron chi connectivity index (χ3n) is 4.12. The summed E-state index contributed by atoms with van der Waals surface area (Å²) in [5.41, 5.74) is 0.603. The smallest absolute Gasteiger partial charge is 0.422 e. The molecule has 1 unspecified atom stereocenters. The molecule has 0 aromatic heterocycles. The van der Waals surface area contributed by atoms with Gasteiger partial charge in [-0.1, -0.05) is 6.07 Å².